The van der Waals surface area contributed by atoms with Gasteiger partial charge in [0.1, 0.15) is 5.82 Å². The highest BCUT2D eigenvalue weighted by atomic mass is 32.1. The number of imidazole rings is 1. The maximum absolute atomic E-state index is 5.28. The predicted octanol–water partition coefficient (Wildman–Crippen LogP) is 0.304. The molecule has 1 aromatic rings. The third kappa shape index (κ3) is 2.19. The highest BCUT2D eigenvalue weighted by Gasteiger charge is 2.05. The van der Waals surface area contributed by atoms with Crippen molar-refractivity contribution in [3.8, 4) is 0 Å². The highest BCUT2D eigenvalue weighted by molar-refractivity contribution is 7.80. The number of rotatable bonds is 2. The molecule has 11 heavy (non-hydrogen) atoms. The van der Waals surface area contributed by atoms with Crippen LogP contribution in [0.2, 0.25) is 0 Å². The fraction of sp³-hybridized carbons (Fsp3) is 0.333. The second-order valence-corrected chi connectivity index (χ2v) is 2.64. The molecule has 0 bridgehead atoms. The van der Waals surface area contributed by atoms with Crippen LogP contribution >= 0.6 is 12.2 Å². The van der Waals surface area contributed by atoms with E-state index in [4.69, 9.17) is 5.73 Å². The Hall–Kier alpha value is -1.10. The number of aromatic amines is 1. The standard InChI is InChI=1S/C6H10N4S/c1-4(10-6(7)11)5-8-2-3-9-5/h2-4H,1H3,(H,8,9)(H3,7,10,11). The fourth-order valence-corrected chi connectivity index (χ4v) is 0.973. The first-order valence-corrected chi connectivity index (χ1v) is 3.66. The van der Waals surface area contributed by atoms with Crippen LogP contribution in [0.5, 0.6) is 0 Å². The molecule has 60 valence electrons. The van der Waals surface area contributed by atoms with Crippen LogP contribution in [0.3, 0.4) is 0 Å². The van der Waals surface area contributed by atoms with E-state index in [9.17, 15) is 0 Å². The first kappa shape index (κ1) is 8.00. The summed E-state index contributed by atoms with van der Waals surface area (Å²) in [7, 11) is 0. The van der Waals surface area contributed by atoms with Crippen LogP contribution in [-0.4, -0.2) is 15.1 Å². The van der Waals surface area contributed by atoms with Crippen molar-refractivity contribution in [1.29, 1.82) is 0 Å². The lowest BCUT2D eigenvalue weighted by molar-refractivity contribution is 0.675. The summed E-state index contributed by atoms with van der Waals surface area (Å²) in [5.74, 6) is 0.831. The van der Waals surface area contributed by atoms with Gasteiger partial charge in [-0.15, -0.1) is 0 Å². The second-order valence-electron chi connectivity index (χ2n) is 2.20. The molecule has 1 aromatic heterocycles. The topological polar surface area (TPSA) is 66.7 Å². The number of H-pyrrole nitrogens is 1. The van der Waals surface area contributed by atoms with Crippen LogP contribution in [0, 0.1) is 0 Å². The minimum absolute atomic E-state index is 0.0440. The van der Waals surface area contributed by atoms with Gasteiger partial charge in [-0.25, -0.2) is 4.98 Å². The van der Waals surface area contributed by atoms with Crippen LogP contribution in [-0.2, 0) is 0 Å². The molecule has 0 saturated carbocycles. The van der Waals surface area contributed by atoms with Crippen molar-refractivity contribution in [2.45, 2.75) is 13.0 Å². The molecule has 4 N–H and O–H groups in total. The van der Waals surface area contributed by atoms with Crippen LogP contribution < -0.4 is 11.1 Å². The van der Waals surface area contributed by atoms with Crippen molar-refractivity contribution < 1.29 is 0 Å². The molecule has 5 heteroatoms. The molecule has 1 heterocycles. The molecular weight excluding hydrogens is 160 g/mol. The number of nitrogens with one attached hydrogen (secondary N) is 2. The number of thiocarbonyl (C=S) groups is 1. The SMILES string of the molecule is CC(NC(N)=S)c1ncc[nH]1. The molecular formula is C6H10N4S. The summed E-state index contributed by atoms with van der Waals surface area (Å²) in [6, 6.07) is 0.0440. The number of hydrogen-bond donors (Lipinski definition) is 3. The monoisotopic (exact) mass is 170 g/mol. The lowest BCUT2D eigenvalue weighted by Gasteiger charge is -2.09. The summed E-state index contributed by atoms with van der Waals surface area (Å²) in [6.45, 7) is 1.93. The van der Waals surface area contributed by atoms with E-state index in [1.165, 1.54) is 0 Å². The van der Waals surface area contributed by atoms with Crippen molar-refractivity contribution in [1.82, 2.24) is 15.3 Å². The number of aromatic nitrogens is 2. The lowest BCUT2D eigenvalue weighted by atomic mass is 10.3. The van der Waals surface area contributed by atoms with E-state index in [1.807, 2.05) is 6.92 Å². The summed E-state index contributed by atoms with van der Waals surface area (Å²) >= 11 is 4.67. The Morgan fingerprint density at radius 1 is 1.91 bits per heavy atom. The summed E-state index contributed by atoms with van der Waals surface area (Å²) < 4.78 is 0. The number of hydrogen-bond acceptors (Lipinski definition) is 2. The van der Waals surface area contributed by atoms with Gasteiger partial charge in [-0.05, 0) is 19.1 Å². The average Bonchev–Trinajstić information content (AvgIpc) is 2.35. The zero-order valence-electron chi connectivity index (χ0n) is 6.16. The van der Waals surface area contributed by atoms with Crippen molar-refractivity contribution >= 4 is 17.3 Å². The molecule has 0 spiro atoms. The van der Waals surface area contributed by atoms with E-state index in [0.717, 1.165) is 5.82 Å². The van der Waals surface area contributed by atoms with E-state index in [1.54, 1.807) is 12.4 Å². The number of nitrogens with two attached hydrogens (primary N) is 1. The zero-order chi connectivity index (χ0) is 8.27. The molecule has 0 radical (unpaired) electrons. The lowest BCUT2D eigenvalue weighted by Crippen LogP contribution is -2.31. The Morgan fingerprint density at radius 3 is 3.09 bits per heavy atom. The Kier molecular flexibility index (Phi) is 2.43. The summed E-state index contributed by atoms with van der Waals surface area (Å²) in [5.41, 5.74) is 5.28. The first-order valence-electron chi connectivity index (χ1n) is 3.25. The van der Waals surface area contributed by atoms with E-state index in [2.05, 4.69) is 27.5 Å². The molecule has 0 saturated heterocycles. The van der Waals surface area contributed by atoms with Gasteiger partial charge in [-0.3, -0.25) is 0 Å². The largest absolute Gasteiger partial charge is 0.376 e. The minimum Gasteiger partial charge on any atom is -0.376 e. The minimum atomic E-state index is 0.0440. The van der Waals surface area contributed by atoms with Crippen LogP contribution in [0.25, 0.3) is 0 Å². The molecule has 0 amide bonds. The molecule has 4 nitrogen and oxygen atoms in total. The third-order valence-electron chi connectivity index (χ3n) is 1.29. The zero-order valence-corrected chi connectivity index (χ0v) is 6.98. The van der Waals surface area contributed by atoms with Gasteiger partial charge < -0.3 is 16.0 Å². The van der Waals surface area contributed by atoms with Gasteiger partial charge in [0.2, 0.25) is 0 Å². The summed E-state index contributed by atoms with van der Waals surface area (Å²) in [6.07, 6.45) is 3.44. The van der Waals surface area contributed by atoms with E-state index in [0.29, 0.717) is 0 Å². The smallest absolute Gasteiger partial charge is 0.164 e. The van der Waals surface area contributed by atoms with Crippen molar-refractivity contribution in [3.63, 3.8) is 0 Å². The van der Waals surface area contributed by atoms with E-state index >= 15 is 0 Å². The third-order valence-corrected chi connectivity index (χ3v) is 1.41. The Labute approximate surface area is 70.2 Å². The fourth-order valence-electron chi connectivity index (χ4n) is 0.796. The molecule has 0 aliphatic heterocycles. The molecule has 0 aliphatic carbocycles. The molecule has 1 atom stereocenters. The van der Waals surface area contributed by atoms with Gasteiger partial charge in [0.25, 0.3) is 0 Å². The molecule has 0 fully saturated rings. The van der Waals surface area contributed by atoms with Gasteiger partial charge in [0.05, 0.1) is 6.04 Å². The van der Waals surface area contributed by atoms with Crippen LogP contribution in [0.4, 0.5) is 0 Å². The number of nitrogens with zero attached hydrogens (tertiary/aromatic N) is 1. The Bertz CT molecular complexity index is 231. The van der Waals surface area contributed by atoms with Gasteiger partial charge in [0.15, 0.2) is 5.11 Å². The van der Waals surface area contributed by atoms with Gasteiger partial charge in [-0.2, -0.15) is 0 Å². The van der Waals surface area contributed by atoms with Crippen LogP contribution in [0.1, 0.15) is 18.8 Å². The predicted molar refractivity (Wildman–Crippen MR) is 46.9 cm³/mol. The quantitative estimate of drug-likeness (QED) is 0.559. The average molecular weight is 170 g/mol. The Morgan fingerprint density at radius 2 is 2.64 bits per heavy atom. The van der Waals surface area contributed by atoms with Crippen LogP contribution in [0.15, 0.2) is 12.4 Å². The normalized spacial score (nSPS) is 12.5. The maximum Gasteiger partial charge on any atom is 0.164 e. The van der Waals surface area contributed by atoms with Gasteiger partial charge in [-0.1, -0.05) is 0 Å². The van der Waals surface area contributed by atoms with E-state index < -0.39 is 0 Å². The van der Waals surface area contributed by atoms with Crippen molar-refractivity contribution in [2.24, 2.45) is 5.73 Å². The van der Waals surface area contributed by atoms with Gasteiger partial charge >= 0.3 is 0 Å². The Balaban J connectivity index is 2.56. The van der Waals surface area contributed by atoms with Gasteiger partial charge in [0, 0.05) is 12.4 Å². The molecule has 1 unspecified atom stereocenters. The van der Waals surface area contributed by atoms with Crippen molar-refractivity contribution in [3.05, 3.63) is 18.2 Å². The van der Waals surface area contributed by atoms with E-state index in [-0.39, 0.29) is 11.2 Å². The highest BCUT2D eigenvalue weighted by Crippen LogP contribution is 2.03. The van der Waals surface area contributed by atoms with Crippen molar-refractivity contribution in [2.75, 3.05) is 0 Å². The first-order chi connectivity index (χ1) is 5.20. The molecule has 0 aromatic carbocycles. The maximum atomic E-state index is 5.28. The summed E-state index contributed by atoms with van der Waals surface area (Å²) in [4.78, 5) is 6.99. The summed E-state index contributed by atoms with van der Waals surface area (Å²) in [5, 5.41) is 3.15. The second kappa shape index (κ2) is 3.34. The molecule has 1 rings (SSSR count). The molecule has 0 aliphatic rings.